The highest BCUT2D eigenvalue weighted by Crippen LogP contribution is 2.24. The monoisotopic (exact) mass is 332 g/mol. The van der Waals surface area contributed by atoms with Crippen molar-refractivity contribution in [1.82, 2.24) is 19.7 Å². The molecule has 4 rings (SSSR count). The third kappa shape index (κ3) is 2.57. The number of ether oxygens (including phenoxy) is 1. The summed E-state index contributed by atoms with van der Waals surface area (Å²) in [5.41, 5.74) is 4.09. The number of esters is 1. The fourth-order valence-electron chi connectivity index (χ4n) is 2.93. The first-order valence-electron chi connectivity index (χ1n) is 7.86. The molecule has 4 aromatic rings. The molecule has 0 bridgehead atoms. The lowest BCUT2D eigenvalue weighted by molar-refractivity contribution is 0.0601. The number of fused-ring (bicyclic) bond motifs is 1. The Balaban J connectivity index is 1.81. The van der Waals surface area contributed by atoms with Crippen LogP contribution in [0, 0.1) is 6.92 Å². The first-order chi connectivity index (χ1) is 12.2. The average Bonchev–Trinajstić information content (AvgIpc) is 3.24. The number of aromatic amines is 1. The summed E-state index contributed by atoms with van der Waals surface area (Å²) in [6, 6.07) is 17.3. The molecule has 0 aliphatic heterocycles. The molecule has 0 fully saturated rings. The van der Waals surface area contributed by atoms with Crippen molar-refractivity contribution in [3.8, 4) is 17.1 Å². The lowest BCUT2D eigenvalue weighted by atomic mass is 10.1. The Morgan fingerprint density at radius 3 is 2.68 bits per heavy atom. The van der Waals surface area contributed by atoms with Crippen LogP contribution < -0.4 is 0 Å². The van der Waals surface area contributed by atoms with Gasteiger partial charge in [0.05, 0.1) is 29.4 Å². The molecule has 2 aromatic heterocycles. The Hall–Kier alpha value is -3.41. The molecule has 0 aliphatic rings. The number of imidazole rings is 1. The molecule has 0 saturated heterocycles. The Kier molecular flexibility index (Phi) is 3.57. The van der Waals surface area contributed by atoms with Crippen LogP contribution in [0.5, 0.6) is 0 Å². The summed E-state index contributed by atoms with van der Waals surface area (Å²) in [6.45, 7) is 1.91. The van der Waals surface area contributed by atoms with Gasteiger partial charge >= 0.3 is 5.97 Å². The Labute approximate surface area is 144 Å². The van der Waals surface area contributed by atoms with E-state index in [4.69, 9.17) is 4.74 Å². The van der Waals surface area contributed by atoms with E-state index in [1.165, 1.54) is 7.11 Å². The van der Waals surface area contributed by atoms with E-state index in [-0.39, 0.29) is 5.97 Å². The molecule has 0 atom stereocenters. The quantitative estimate of drug-likeness (QED) is 0.583. The summed E-state index contributed by atoms with van der Waals surface area (Å²) in [5, 5.41) is 7.49. The number of H-pyrrole nitrogens is 1. The van der Waals surface area contributed by atoms with Gasteiger partial charge in [-0.25, -0.2) is 9.78 Å². The van der Waals surface area contributed by atoms with Crippen LogP contribution in [-0.4, -0.2) is 32.8 Å². The third-order valence-corrected chi connectivity index (χ3v) is 4.12. The maximum absolute atomic E-state index is 11.7. The second-order valence-corrected chi connectivity index (χ2v) is 5.70. The van der Waals surface area contributed by atoms with Gasteiger partial charge in [0.1, 0.15) is 5.82 Å². The minimum absolute atomic E-state index is 0.375. The van der Waals surface area contributed by atoms with E-state index in [9.17, 15) is 4.79 Å². The molecule has 6 nitrogen and oxygen atoms in total. The van der Waals surface area contributed by atoms with Gasteiger partial charge in [-0.05, 0) is 30.7 Å². The zero-order chi connectivity index (χ0) is 17.4. The normalized spacial score (nSPS) is 11.0. The average molecular weight is 332 g/mol. The number of rotatable bonds is 3. The smallest absolute Gasteiger partial charge is 0.337 e. The summed E-state index contributed by atoms with van der Waals surface area (Å²) in [6.07, 6.45) is 0. The maximum Gasteiger partial charge on any atom is 0.337 e. The minimum Gasteiger partial charge on any atom is -0.465 e. The van der Waals surface area contributed by atoms with E-state index < -0.39 is 0 Å². The SMILES string of the molecule is COC(=O)c1ccc2c(c1)nc(C)n2-c1cc(-c2ccccc2)[nH]n1. The van der Waals surface area contributed by atoms with Crippen LogP contribution in [0.2, 0.25) is 0 Å². The molecule has 0 amide bonds. The molecule has 0 saturated carbocycles. The topological polar surface area (TPSA) is 72.8 Å². The van der Waals surface area contributed by atoms with Crippen molar-refractivity contribution in [1.29, 1.82) is 0 Å². The van der Waals surface area contributed by atoms with Crippen LogP contribution >= 0.6 is 0 Å². The molecule has 2 aromatic carbocycles. The second kappa shape index (κ2) is 5.90. The van der Waals surface area contributed by atoms with E-state index in [1.54, 1.807) is 12.1 Å². The Bertz CT molecular complexity index is 1060. The first-order valence-corrected chi connectivity index (χ1v) is 7.86. The number of methoxy groups -OCH3 is 1. The highest BCUT2D eigenvalue weighted by Gasteiger charge is 2.15. The van der Waals surface area contributed by atoms with Crippen LogP contribution in [0.25, 0.3) is 28.1 Å². The van der Waals surface area contributed by atoms with Gasteiger partial charge in [0, 0.05) is 6.07 Å². The number of carbonyl (C=O) groups excluding carboxylic acids is 1. The standard InChI is InChI=1S/C19H16N4O2/c1-12-20-16-10-14(19(24)25-2)8-9-17(16)23(12)18-11-15(21-22-18)13-6-4-3-5-7-13/h3-11H,1-2H3,(H,21,22). The van der Waals surface area contributed by atoms with E-state index in [1.807, 2.05) is 54.0 Å². The summed E-state index contributed by atoms with van der Waals surface area (Å²) in [4.78, 5) is 16.3. The van der Waals surface area contributed by atoms with Crippen molar-refractivity contribution in [2.24, 2.45) is 0 Å². The zero-order valence-corrected chi connectivity index (χ0v) is 13.9. The van der Waals surface area contributed by atoms with Gasteiger partial charge in [0.2, 0.25) is 0 Å². The van der Waals surface area contributed by atoms with E-state index in [2.05, 4.69) is 15.2 Å². The number of benzene rings is 2. The molecule has 0 radical (unpaired) electrons. The summed E-state index contributed by atoms with van der Waals surface area (Å²) in [5.74, 6) is 1.17. The van der Waals surface area contributed by atoms with E-state index in [0.717, 1.165) is 33.9 Å². The first kappa shape index (κ1) is 15.1. The number of aryl methyl sites for hydroxylation is 1. The van der Waals surface area contributed by atoms with Crippen molar-refractivity contribution in [3.05, 3.63) is 66.0 Å². The molecular weight excluding hydrogens is 316 g/mol. The number of nitrogens with one attached hydrogen (secondary N) is 1. The minimum atomic E-state index is -0.375. The van der Waals surface area contributed by atoms with Gasteiger partial charge in [-0.3, -0.25) is 9.67 Å². The summed E-state index contributed by atoms with van der Waals surface area (Å²) < 4.78 is 6.73. The molecule has 2 heterocycles. The third-order valence-electron chi connectivity index (χ3n) is 4.12. The zero-order valence-electron chi connectivity index (χ0n) is 13.9. The van der Waals surface area contributed by atoms with Gasteiger partial charge in [0.15, 0.2) is 5.82 Å². The molecular formula is C19H16N4O2. The van der Waals surface area contributed by atoms with Crippen molar-refractivity contribution in [2.75, 3.05) is 7.11 Å². The van der Waals surface area contributed by atoms with Crippen LogP contribution in [0.3, 0.4) is 0 Å². The van der Waals surface area contributed by atoms with E-state index in [0.29, 0.717) is 5.56 Å². The summed E-state index contributed by atoms with van der Waals surface area (Å²) in [7, 11) is 1.37. The summed E-state index contributed by atoms with van der Waals surface area (Å²) >= 11 is 0. The number of carbonyl (C=O) groups is 1. The van der Waals surface area contributed by atoms with Crippen LogP contribution in [0.1, 0.15) is 16.2 Å². The van der Waals surface area contributed by atoms with Crippen molar-refractivity contribution in [2.45, 2.75) is 6.92 Å². The number of hydrogen-bond donors (Lipinski definition) is 1. The fraction of sp³-hybridized carbons (Fsp3) is 0.105. The number of aromatic nitrogens is 4. The van der Waals surface area contributed by atoms with Crippen LogP contribution in [-0.2, 0) is 4.74 Å². The number of hydrogen-bond acceptors (Lipinski definition) is 4. The van der Waals surface area contributed by atoms with Gasteiger partial charge in [-0.1, -0.05) is 30.3 Å². The molecule has 0 unspecified atom stereocenters. The van der Waals surface area contributed by atoms with Gasteiger partial charge in [-0.15, -0.1) is 0 Å². The van der Waals surface area contributed by atoms with Crippen molar-refractivity contribution >= 4 is 17.0 Å². The molecule has 0 spiro atoms. The number of nitrogens with zero attached hydrogens (tertiary/aromatic N) is 3. The molecule has 1 N–H and O–H groups in total. The van der Waals surface area contributed by atoms with Crippen LogP contribution in [0.4, 0.5) is 0 Å². The second-order valence-electron chi connectivity index (χ2n) is 5.70. The highest BCUT2D eigenvalue weighted by molar-refractivity contribution is 5.94. The highest BCUT2D eigenvalue weighted by atomic mass is 16.5. The molecule has 25 heavy (non-hydrogen) atoms. The Morgan fingerprint density at radius 2 is 1.92 bits per heavy atom. The predicted octanol–water partition coefficient (Wildman–Crippen LogP) is 3.51. The molecule has 124 valence electrons. The maximum atomic E-state index is 11.7. The van der Waals surface area contributed by atoms with Crippen molar-refractivity contribution in [3.63, 3.8) is 0 Å². The predicted molar refractivity (Wildman–Crippen MR) is 94.7 cm³/mol. The molecule has 0 aliphatic carbocycles. The van der Waals surface area contributed by atoms with Gasteiger partial charge in [-0.2, -0.15) is 5.10 Å². The molecule has 6 heteroatoms. The Morgan fingerprint density at radius 1 is 1.12 bits per heavy atom. The van der Waals surface area contributed by atoms with E-state index >= 15 is 0 Å². The fourth-order valence-corrected chi connectivity index (χ4v) is 2.93. The largest absolute Gasteiger partial charge is 0.465 e. The van der Waals surface area contributed by atoms with Crippen molar-refractivity contribution < 1.29 is 9.53 Å². The lowest BCUT2D eigenvalue weighted by Crippen LogP contribution is -2.01. The van der Waals surface area contributed by atoms with Crippen LogP contribution in [0.15, 0.2) is 54.6 Å². The van der Waals surface area contributed by atoms with Gasteiger partial charge in [0.25, 0.3) is 0 Å². The lowest BCUT2D eigenvalue weighted by Gasteiger charge is -2.03. The van der Waals surface area contributed by atoms with Gasteiger partial charge < -0.3 is 4.74 Å².